The highest BCUT2D eigenvalue weighted by Crippen LogP contribution is 2.28. The first-order valence-corrected chi connectivity index (χ1v) is 6.34. The Morgan fingerprint density at radius 1 is 1.47 bits per heavy atom. The smallest absolute Gasteiger partial charge is 0.327 e. The molecule has 1 saturated heterocycles. The van der Waals surface area contributed by atoms with E-state index in [9.17, 15) is 9.59 Å². The molecule has 1 heterocycles. The van der Waals surface area contributed by atoms with Crippen molar-refractivity contribution in [3.63, 3.8) is 0 Å². The molecular formula is C13H15ClN2O3. The topological polar surface area (TPSA) is 58.6 Å². The quantitative estimate of drug-likeness (QED) is 0.840. The highest BCUT2D eigenvalue weighted by molar-refractivity contribution is 6.31. The number of rotatable bonds is 3. The van der Waals surface area contributed by atoms with Crippen molar-refractivity contribution >= 4 is 23.5 Å². The van der Waals surface area contributed by atoms with Crippen LogP contribution in [0.1, 0.15) is 11.6 Å². The third-order valence-electron chi connectivity index (χ3n) is 3.06. The first kappa shape index (κ1) is 13.8. The third kappa shape index (κ3) is 3.05. The molecule has 1 aromatic rings. The number of amides is 1. The first-order valence-electron chi connectivity index (χ1n) is 5.96. The number of ether oxygens (including phenoxy) is 1. The Labute approximate surface area is 116 Å². The van der Waals surface area contributed by atoms with Crippen molar-refractivity contribution in [2.45, 2.75) is 6.04 Å². The third-order valence-corrected chi connectivity index (χ3v) is 3.40. The number of esters is 1. The molecule has 0 radical (unpaired) electrons. The summed E-state index contributed by atoms with van der Waals surface area (Å²) in [7, 11) is 1.33. The zero-order chi connectivity index (χ0) is 13.8. The van der Waals surface area contributed by atoms with Gasteiger partial charge in [0, 0.05) is 18.1 Å². The van der Waals surface area contributed by atoms with Crippen molar-refractivity contribution in [3.05, 3.63) is 34.9 Å². The minimum atomic E-state index is -0.648. The minimum Gasteiger partial charge on any atom is -0.468 e. The normalized spacial score (nSPS) is 17.7. The number of hydrogen-bond donors (Lipinski definition) is 1. The van der Waals surface area contributed by atoms with E-state index in [0.29, 0.717) is 23.7 Å². The molecule has 1 fully saturated rings. The second-order valence-corrected chi connectivity index (χ2v) is 4.67. The van der Waals surface area contributed by atoms with Gasteiger partial charge in [0.05, 0.1) is 13.7 Å². The molecule has 0 aliphatic carbocycles. The van der Waals surface area contributed by atoms with Crippen LogP contribution in [0.2, 0.25) is 5.02 Å². The SMILES string of the molecule is COC(=O)[C@H](c1ccccc1Cl)N1CCNC(=O)C1. The number of hydrogen-bond acceptors (Lipinski definition) is 4. The van der Waals surface area contributed by atoms with E-state index in [2.05, 4.69) is 5.32 Å². The van der Waals surface area contributed by atoms with Gasteiger partial charge in [0.25, 0.3) is 0 Å². The summed E-state index contributed by atoms with van der Waals surface area (Å²) in [5.41, 5.74) is 0.658. The molecule has 19 heavy (non-hydrogen) atoms. The van der Waals surface area contributed by atoms with Gasteiger partial charge < -0.3 is 10.1 Å². The maximum atomic E-state index is 12.0. The maximum absolute atomic E-state index is 12.0. The van der Waals surface area contributed by atoms with Crippen molar-refractivity contribution in [3.8, 4) is 0 Å². The molecule has 5 nitrogen and oxygen atoms in total. The van der Waals surface area contributed by atoms with Gasteiger partial charge >= 0.3 is 5.97 Å². The van der Waals surface area contributed by atoms with Crippen LogP contribution >= 0.6 is 11.6 Å². The van der Waals surface area contributed by atoms with Crippen LogP contribution in [0.5, 0.6) is 0 Å². The molecule has 1 aliphatic heterocycles. The van der Waals surface area contributed by atoms with Crippen LogP contribution in [0, 0.1) is 0 Å². The van der Waals surface area contributed by atoms with Gasteiger partial charge in [0.1, 0.15) is 6.04 Å². The van der Waals surface area contributed by atoms with E-state index in [0.717, 1.165) is 0 Å². The van der Waals surface area contributed by atoms with Crippen molar-refractivity contribution < 1.29 is 14.3 Å². The Balaban J connectivity index is 2.33. The van der Waals surface area contributed by atoms with E-state index in [4.69, 9.17) is 16.3 Å². The number of nitrogens with zero attached hydrogens (tertiary/aromatic N) is 1. The lowest BCUT2D eigenvalue weighted by molar-refractivity contribution is -0.148. The Hall–Kier alpha value is -1.59. The zero-order valence-electron chi connectivity index (χ0n) is 10.6. The fraction of sp³-hybridized carbons (Fsp3) is 0.385. The van der Waals surface area contributed by atoms with Gasteiger partial charge in [-0.3, -0.25) is 9.69 Å². The summed E-state index contributed by atoms with van der Waals surface area (Å²) in [5.74, 6) is -0.519. The van der Waals surface area contributed by atoms with Crippen LogP contribution in [-0.4, -0.2) is 43.5 Å². The summed E-state index contributed by atoms with van der Waals surface area (Å²) in [6, 6.07) is 6.45. The second kappa shape index (κ2) is 6.04. The molecule has 2 rings (SSSR count). The van der Waals surface area contributed by atoms with Crippen molar-refractivity contribution in [1.29, 1.82) is 0 Å². The highest BCUT2D eigenvalue weighted by atomic mass is 35.5. The first-order chi connectivity index (χ1) is 9.13. The number of carbonyl (C=O) groups is 2. The lowest BCUT2D eigenvalue weighted by Crippen LogP contribution is -2.50. The van der Waals surface area contributed by atoms with Crippen LogP contribution in [0.3, 0.4) is 0 Å². The number of benzene rings is 1. The second-order valence-electron chi connectivity index (χ2n) is 4.27. The molecule has 0 aromatic heterocycles. The van der Waals surface area contributed by atoms with Gasteiger partial charge in [-0.05, 0) is 11.6 Å². The van der Waals surface area contributed by atoms with Crippen LogP contribution in [0.25, 0.3) is 0 Å². The monoisotopic (exact) mass is 282 g/mol. The predicted molar refractivity (Wildman–Crippen MR) is 70.8 cm³/mol. The fourth-order valence-electron chi connectivity index (χ4n) is 2.16. The number of piperazine rings is 1. The molecule has 1 amide bonds. The summed E-state index contributed by atoms with van der Waals surface area (Å²) >= 11 is 6.14. The van der Waals surface area contributed by atoms with Crippen molar-refractivity contribution in [2.75, 3.05) is 26.7 Å². The van der Waals surface area contributed by atoms with E-state index < -0.39 is 12.0 Å². The fourth-order valence-corrected chi connectivity index (χ4v) is 2.40. The molecular weight excluding hydrogens is 268 g/mol. The molecule has 1 atom stereocenters. The standard InChI is InChI=1S/C13H15ClN2O3/c1-19-13(18)12(9-4-2-3-5-10(9)14)16-7-6-15-11(17)8-16/h2-5,12H,6-8H2,1H3,(H,15,17)/t12-/m0/s1. The molecule has 1 N–H and O–H groups in total. The Morgan fingerprint density at radius 3 is 2.84 bits per heavy atom. The number of methoxy groups -OCH3 is 1. The van der Waals surface area contributed by atoms with Gasteiger partial charge in [-0.2, -0.15) is 0 Å². The van der Waals surface area contributed by atoms with Crippen LogP contribution < -0.4 is 5.32 Å². The van der Waals surface area contributed by atoms with Gasteiger partial charge in [-0.25, -0.2) is 4.79 Å². The summed E-state index contributed by atoms with van der Waals surface area (Å²) in [6.07, 6.45) is 0. The van der Waals surface area contributed by atoms with Crippen molar-refractivity contribution in [2.24, 2.45) is 0 Å². The van der Waals surface area contributed by atoms with E-state index in [-0.39, 0.29) is 12.5 Å². The Morgan fingerprint density at radius 2 is 2.21 bits per heavy atom. The van der Waals surface area contributed by atoms with E-state index in [1.807, 2.05) is 0 Å². The molecule has 1 aliphatic rings. The lowest BCUT2D eigenvalue weighted by atomic mass is 10.0. The maximum Gasteiger partial charge on any atom is 0.327 e. The summed E-state index contributed by atoms with van der Waals surface area (Å²) < 4.78 is 4.84. The molecule has 0 saturated carbocycles. The predicted octanol–water partition coefficient (Wildman–Crippen LogP) is 0.986. The van der Waals surface area contributed by atoms with Crippen LogP contribution in [-0.2, 0) is 14.3 Å². The van der Waals surface area contributed by atoms with Gasteiger partial charge in [-0.1, -0.05) is 29.8 Å². The average molecular weight is 283 g/mol. The lowest BCUT2D eigenvalue weighted by Gasteiger charge is -2.32. The number of carbonyl (C=O) groups excluding carboxylic acids is 2. The van der Waals surface area contributed by atoms with E-state index in [1.165, 1.54) is 7.11 Å². The summed E-state index contributed by atoms with van der Waals surface area (Å²) in [4.78, 5) is 25.3. The van der Waals surface area contributed by atoms with E-state index >= 15 is 0 Å². The summed E-state index contributed by atoms with van der Waals surface area (Å²) in [6.45, 7) is 1.25. The summed E-state index contributed by atoms with van der Waals surface area (Å²) in [5, 5.41) is 3.21. The molecule has 0 unspecified atom stereocenters. The zero-order valence-corrected chi connectivity index (χ0v) is 11.3. The van der Waals surface area contributed by atoms with Gasteiger partial charge in [0.2, 0.25) is 5.91 Å². The average Bonchev–Trinajstić information content (AvgIpc) is 2.41. The molecule has 102 valence electrons. The Bertz CT molecular complexity index is 493. The van der Waals surface area contributed by atoms with Crippen LogP contribution in [0.15, 0.2) is 24.3 Å². The van der Waals surface area contributed by atoms with Crippen LogP contribution in [0.4, 0.5) is 0 Å². The number of nitrogens with one attached hydrogen (secondary N) is 1. The Kier molecular flexibility index (Phi) is 4.39. The molecule has 1 aromatic carbocycles. The molecule has 0 bridgehead atoms. The van der Waals surface area contributed by atoms with Crippen molar-refractivity contribution in [1.82, 2.24) is 10.2 Å². The van der Waals surface area contributed by atoms with E-state index in [1.54, 1.807) is 29.2 Å². The largest absolute Gasteiger partial charge is 0.468 e. The van der Waals surface area contributed by atoms with Gasteiger partial charge in [-0.15, -0.1) is 0 Å². The highest BCUT2D eigenvalue weighted by Gasteiger charge is 2.32. The minimum absolute atomic E-state index is 0.104. The van der Waals surface area contributed by atoms with Gasteiger partial charge in [0.15, 0.2) is 0 Å². The number of halogens is 1. The molecule has 0 spiro atoms. The molecule has 6 heteroatoms.